The fourth-order valence-corrected chi connectivity index (χ4v) is 6.96. The van der Waals surface area contributed by atoms with Crippen molar-refractivity contribution in [3.8, 4) is 5.75 Å². The van der Waals surface area contributed by atoms with Gasteiger partial charge in [-0.1, -0.05) is 30.4 Å². The Balaban J connectivity index is 1.71. The van der Waals surface area contributed by atoms with Crippen LogP contribution in [0.3, 0.4) is 0 Å². The van der Waals surface area contributed by atoms with E-state index in [0.29, 0.717) is 22.7 Å². The highest BCUT2D eigenvalue weighted by molar-refractivity contribution is 7.94. The predicted octanol–water partition coefficient (Wildman–Crippen LogP) is 5.70. The van der Waals surface area contributed by atoms with E-state index in [1.165, 1.54) is 9.87 Å². The minimum atomic E-state index is -3.93. The second-order valence-corrected chi connectivity index (χ2v) is 12.2. The molecule has 0 aliphatic heterocycles. The van der Waals surface area contributed by atoms with Crippen LogP contribution in [-0.4, -0.2) is 31.0 Å². The molecule has 0 atom stereocenters. The Morgan fingerprint density at radius 2 is 1.95 bits per heavy atom. The Morgan fingerprint density at radius 3 is 2.57 bits per heavy atom. The lowest BCUT2D eigenvalue weighted by Crippen LogP contribution is -2.33. The van der Waals surface area contributed by atoms with E-state index in [9.17, 15) is 13.2 Å². The molecule has 0 saturated heterocycles. The van der Waals surface area contributed by atoms with Gasteiger partial charge < -0.3 is 9.84 Å². The van der Waals surface area contributed by atoms with E-state index in [4.69, 9.17) is 9.84 Å². The first-order valence-corrected chi connectivity index (χ1v) is 14.2. The molecule has 37 heavy (non-hydrogen) atoms. The third kappa shape index (κ3) is 6.11. The topological polar surface area (TPSA) is 96.8 Å². The van der Waals surface area contributed by atoms with Crippen molar-refractivity contribution in [3.63, 3.8) is 0 Å². The highest BCUT2D eigenvalue weighted by atomic mass is 32.2. The van der Waals surface area contributed by atoms with Crippen molar-refractivity contribution < 1.29 is 23.1 Å². The molecule has 0 bridgehead atoms. The van der Waals surface area contributed by atoms with Gasteiger partial charge in [-0.2, -0.15) is 8.42 Å². The molecule has 2 aromatic carbocycles. The van der Waals surface area contributed by atoms with Crippen LogP contribution in [0.4, 0.5) is 5.69 Å². The molecule has 0 spiro atoms. The minimum absolute atomic E-state index is 0.0403. The number of thiazole rings is 1. The lowest BCUT2D eigenvalue weighted by Gasteiger charge is -2.26. The second kappa shape index (κ2) is 10.9. The maximum absolute atomic E-state index is 13.7. The molecule has 0 unspecified atom stereocenters. The number of nitrogens with zero attached hydrogens (tertiary/aromatic N) is 2. The number of anilines is 1. The Labute approximate surface area is 221 Å². The van der Waals surface area contributed by atoms with E-state index >= 15 is 0 Å². The van der Waals surface area contributed by atoms with E-state index in [1.54, 1.807) is 25.3 Å². The summed E-state index contributed by atoms with van der Waals surface area (Å²) in [5.41, 5.74) is 6.77. The molecule has 1 N–H and O–H groups in total. The molecule has 1 aliphatic rings. The van der Waals surface area contributed by atoms with Gasteiger partial charge >= 0.3 is 5.97 Å². The molecular weight excluding hydrogens is 508 g/mol. The van der Waals surface area contributed by atoms with Gasteiger partial charge in [-0.05, 0) is 86.1 Å². The Bertz CT molecular complexity index is 1490. The minimum Gasteiger partial charge on any atom is -0.487 e. The van der Waals surface area contributed by atoms with Gasteiger partial charge in [-0.25, -0.2) is 9.78 Å². The van der Waals surface area contributed by atoms with Crippen molar-refractivity contribution in [2.45, 2.75) is 51.0 Å². The molecule has 4 rings (SSSR count). The van der Waals surface area contributed by atoms with E-state index in [1.807, 2.05) is 37.3 Å². The predicted molar refractivity (Wildman–Crippen MR) is 147 cm³/mol. The zero-order chi connectivity index (χ0) is 26.7. The summed E-state index contributed by atoms with van der Waals surface area (Å²) in [6.07, 6.45) is 5.47. The first-order valence-electron chi connectivity index (χ1n) is 11.9. The van der Waals surface area contributed by atoms with Crippen molar-refractivity contribution in [3.05, 3.63) is 87.5 Å². The molecule has 9 heteroatoms. The van der Waals surface area contributed by atoms with Crippen molar-refractivity contribution in [2.24, 2.45) is 0 Å². The molecule has 1 aromatic heterocycles. The van der Waals surface area contributed by atoms with Crippen LogP contribution in [0.25, 0.3) is 6.08 Å². The van der Waals surface area contributed by atoms with Crippen molar-refractivity contribution in [1.82, 2.24) is 4.98 Å². The first-order chi connectivity index (χ1) is 17.5. The van der Waals surface area contributed by atoms with Gasteiger partial charge in [-0.3, -0.25) is 4.31 Å². The normalized spacial score (nSPS) is 13.1. The van der Waals surface area contributed by atoms with Crippen LogP contribution in [0.1, 0.15) is 46.9 Å². The number of fused-ring (bicyclic) bond motifs is 1. The average Bonchev–Trinajstić information content (AvgIpc) is 3.48. The third-order valence-electron chi connectivity index (χ3n) is 6.13. The summed E-state index contributed by atoms with van der Waals surface area (Å²) in [5, 5.41) is 10.6. The number of rotatable bonds is 10. The van der Waals surface area contributed by atoms with E-state index in [2.05, 4.69) is 11.6 Å². The summed E-state index contributed by atoms with van der Waals surface area (Å²) < 4.78 is 35.2. The maximum atomic E-state index is 13.7. The van der Waals surface area contributed by atoms with Crippen LogP contribution in [0.15, 0.2) is 58.3 Å². The number of benzene rings is 2. The molecule has 0 radical (unpaired) electrons. The summed E-state index contributed by atoms with van der Waals surface area (Å²) in [7, 11) is -3.93. The quantitative estimate of drug-likeness (QED) is 0.263. The van der Waals surface area contributed by atoms with E-state index in [0.717, 1.165) is 58.9 Å². The summed E-state index contributed by atoms with van der Waals surface area (Å²) >= 11 is 1.10. The van der Waals surface area contributed by atoms with Crippen LogP contribution in [0.5, 0.6) is 5.75 Å². The number of carboxylic acid groups (broad SMARTS) is 1. The zero-order valence-corrected chi connectivity index (χ0v) is 22.8. The molecule has 0 fully saturated rings. The van der Waals surface area contributed by atoms with Gasteiger partial charge in [0.05, 0.1) is 12.2 Å². The van der Waals surface area contributed by atoms with Crippen molar-refractivity contribution >= 4 is 39.1 Å². The van der Waals surface area contributed by atoms with Gasteiger partial charge in [0.25, 0.3) is 10.0 Å². The number of aliphatic carboxylic acids is 1. The molecule has 194 valence electrons. The van der Waals surface area contributed by atoms with Crippen LogP contribution in [0, 0.1) is 13.8 Å². The van der Waals surface area contributed by atoms with E-state index in [-0.39, 0.29) is 17.5 Å². The lowest BCUT2D eigenvalue weighted by molar-refractivity contribution is -0.131. The number of carboxylic acids is 1. The van der Waals surface area contributed by atoms with E-state index < -0.39 is 16.0 Å². The number of hydrogen-bond acceptors (Lipinski definition) is 6. The molecule has 1 heterocycles. The summed E-state index contributed by atoms with van der Waals surface area (Å²) in [6, 6.07) is 9.52. The van der Waals surface area contributed by atoms with Crippen LogP contribution in [-0.2, 0) is 34.3 Å². The molecule has 7 nitrogen and oxygen atoms in total. The number of sulfonamides is 1. The van der Waals surface area contributed by atoms with Crippen LogP contribution >= 0.6 is 11.3 Å². The Morgan fingerprint density at radius 1 is 1.22 bits per heavy atom. The molecule has 1 aliphatic carbocycles. The highest BCUT2D eigenvalue weighted by Gasteiger charge is 2.31. The van der Waals surface area contributed by atoms with Crippen molar-refractivity contribution in [2.75, 3.05) is 10.8 Å². The molecule has 0 saturated carbocycles. The van der Waals surface area contributed by atoms with Gasteiger partial charge in [0.1, 0.15) is 12.4 Å². The fraction of sp³-hybridized carbons (Fsp3) is 0.286. The molecule has 0 amide bonds. The van der Waals surface area contributed by atoms with Crippen molar-refractivity contribution in [1.29, 1.82) is 0 Å². The highest BCUT2D eigenvalue weighted by Crippen LogP contribution is 2.39. The van der Waals surface area contributed by atoms with Crippen LogP contribution in [0.2, 0.25) is 0 Å². The largest absolute Gasteiger partial charge is 0.487 e. The standard InChI is InChI=1S/C28H30N2O5S2/c1-18(2)15-30(37(33,34)28-29-20(4)17-36-28)25-13-22-6-5-7-23(22)14-26(25)35-16-24-10-8-21(12-19(24)3)9-11-27(31)32/h8-14,17H,1,5-7,15-16H2,2-4H3,(H,31,32)/b11-9+. The zero-order valence-electron chi connectivity index (χ0n) is 21.2. The number of hydrogen-bond donors (Lipinski definition) is 1. The Kier molecular flexibility index (Phi) is 7.85. The second-order valence-electron chi connectivity index (χ2n) is 9.31. The number of ether oxygens (including phenoxy) is 1. The lowest BCUT2D eigenvalue weighted by atomic mass is 10.1. The monoisotopic (exact) mass is 538 g/mol. The van der Waals surface area contributed by atoms with Gasteiger partial charge in [0.15, 0.2) is 0 Å². The number of aromatic nitrogens is 1. The summed E-state index contributed by atoms with van der Waals surface area (Å²) in [5.74, 6) is -0.510. The van der Waals surface area contributed by atoms with Gasteiger partial charge in [0, 0.05) is 17.2 Å². The fourth-order valence-electron chi connectivity index (χ4n) is 4.30. The number of aryl methyl sites for hydroxylation is 4. The molecule has 3 aromatic rings. The number of carbonyl (C=O) groups is 1. The van der Waals surface area contributed by atoms with Gasteiger partial charge in [0.2, 0.25) is 4.34 Å². The smallest absolute Gasteiger partial charge is 0.328 e. The van der Waals surface area contributed by atoms with Crippen LogP contribution < -0.4 is 9.04 Å². The SMILES string of the molecule is C=C(C)CN(c1cc2c(cc1OCc1ccc(/C=C/C(=O)O)cc1C)CCC2)S(=O)(=O)c1nc(C)cs1. The average molecular weight is 539 g/mol. The summed E-state index contributed by atoms with van der Waals surface area (Å²) in [6.45, 7) is 9.82. The third-order valence-corrected chi connectivity index (χ3v) is 9.24. The first kappa shape index (κ1) is 26.6. The summed E-state index contributed by atoms with van der Waals surface area (Å²) in [4.78, 5) is 15.1. The Hall–Kier alpha value is -3.43. The maximum Gasteiger partial charge on any atom is 0.328 e. The molecular formula is C28H30N2O5S2. The van der Waals surface area contributed by atoms with Gasteiger partial charge in [-0.15, -0.1) is 11.3 Å².